The maximum atomic E-state index is 4.11. The predicted octanol–water partition coefficient (Wildman–Crippen LogP) is 1.93. The second kappa shape index (κ2) is 4.86. The summed E-state index contributed by atoms with van der Waals surface area (Å²) in [6.07, 6.45) is 2.82. The Morgan fingerprint density at radius 2 is 2.21 bits per heavy atom. The van der Waals surface area contributed by atoms with Crippen molar-refractivity contribution < 1.29 is 0 Å². The average Bonchev–Trinajstić information content (AvgIpc) is 2.18. The summed E-state index contributed by atoms with van der Waals surface area (Å²) < 4.78 is 0. The van der Waals surface area contributed by atoms with Crippen LogP contribution in [0.25, 0.3) is 0 Å². The van der Waals surface area contributed by atoms with Crippen LogP contribution < -0.4 is 5.32 Å². The minimum absolute atomic E-state index is 0.293. The van der Waals surface area contributed by atoms with Crippen molar-refractivity contribution in [3.63, 3.8) is 0 Å². The fraction of sp³-hybridized carbons (Fsp3) is 0.455. The molecule has 1 atom stereocenters. The molecule has 0 aliphatic heterocycles. The van der Waals surface area contributed by atoms with E-state index >= 15 is 0 Å². The summed E-state index contributed by atoms with van der Waals surface area (Å²) in [4.78, 5) is 0. The molecule has 0 radical (unpaired) electrons. The fourth-order valence-corrected chi connectivity index (χ4v) is 1.49. The van der Waals surface area contributed by atoms with Gasteiger partial charge in [0.2, 0.25) is 0 Å². The smallest absolute Gasteiger partial charge is 0.0648 e. The molecule has 3 nitrogen and oxygen atoms in total. The van der Waals surface area contributed by atoms with E-state index in [0.717, 1.165) is 17.8 Å². The Labute approximate surface area is 85.3 Å². The molecule has 0 saturated carbocycles. The third kappa shape index (κ3) is 2.39. The molecule has 3 heteroatoms. The van der Waals surface area contributed by atoms with Gasteiger partial charge in [0.15, 0.2) is 0 Å². The molecule has 0 aromatic carbocycles. The van der Waals surface area contributed by atoms with Crippen LogP contribution in [0.1, 0.15) is 29.4 Å². The number of hydrogen-bond acceptors (Lipinski definition) is 3. The first-order valence-electron chi connectivity index (χ1n) is 4.78. The summed E-state index contributed by atoms with van der Waals surface area (Å²) in [5.41, 5.74) is 3.15. The number of aryl methyl sites for hydroxylation is 2. The third-order valence-corrected chi connectivity index (χ3v) is 2.27. The van der Waals surface area contributed by atoms with Gasteiger partial charge in [0, 0.05) is 6.04 Å². The van der Waals surface area contributed by atoms with Crippen molar-refractivity contribution in [2.75, 3.05) is 7.05 Å². The Hall–Kier alpha value is -1.22. The Balaban J connectivity index is 3.01. The number of nitrogens with one attached hydrogen (secondary N) is 1. The molecule has 0 saturated heterocycles. The van der Waals surface area contributed by atoms with Gasteiger partial charge in [-0.2, -0.15) is 10.2 Å². The molecule has 1 heterocycles. The zero-order valence-corrected chi connectivity index (χ0v) is 9.04. The average molecular weight is 191 g/mol. The van der Waals surface area contributed by atoms with E-state index < -0.39 is 0 Å². The molecule has 1 unspecified atom stereocenters. The van der Waals surface area contributed by atoms with Gasteiger partial charge >= 0.3 is 0 Å². The van der Waals surface area contributed by atoms with Gasteiger partial charge in [-0.05, 0) is 38.9 Å². The lowest BCUT2D eigenvalue weighted by Gasteiger charge is -2.16. The van der Waals surface area contributed by atoms with Crippen LogP contribution in [0.5, 0.6) is 0 Å². The zero-order chi connectivity index (χ0) is 10.6. The molecular weight excluding hydrogens is 174 g/mol. The van der Waals surface area contributed by atoms with E-state index in [2.05, 4.69) is 28.2 Å². The highest BCUT2D eigenvalue weighted by Crippen LogP contribution is 2.19. The number of rotatable bonds is 4. The monoisotopic (exact) mass is 191 g/mol. The summed E-state index contributed by atoms with van der Waals surface area (Å²) in [6.45, 7) is 7.69. The highest BCUT2D eigenvalue weighted by molar-refractivity contribution is 5.24. The third-order valence-electron chi connectivity index (χ3n) is 2.27. The topological polar surface area (TPSA) is 37.8 Å². The van der Waals surface area contributed by atoms with Crippen molar-refractivity contribution in [1.29, 1.82) is 0 Å². The Kier molecular flexibility index (Phi) is 3.77. The van der Waals surface area contributed by atoms with Crippen LogP contribution in [0, 0.1) is 13.8 Å². The number of aromatic nitrogens is 2. The summed E-state index contributed by atoms with van der Waals surface area (Å²) >= 11 is 0. The fourth-order valence-electron chi connectivity index (χ4n) is 1.49. The van der Waals surface area contributed by atoms with Gasteiger partial charge in [0.25, 0.3) is 0 Å². The van der Waals surface area contributed by atoms with Crippen LogP contribution in [0.3, 0.4) is 0 Å². The van der Waals surface area contributed by atoms with Crippen molar-refractivity contribution in [1.82, 2.24) is 15.5 Å². The van der Waals surface area contributed by atoms with Crippen LogP contribution in [-0.2, 0) is 0 Å². The molecule has 1 rings (SSSR count). The first-order chi connectivity index (χ1) is 6.69. The van der Waals surface area contributed by atoms with E-state index in [1.54, 1.807) is 0 Å². The summed E-state index contributed by atoms with van der Waals surface area (Å²) in [5, 5.41) is 11.4. The highest BCUT2D eigenvalue weighted by Gasteiger charge is 2.11. The van der Waals surface area contributed by atoms with E-state index in [0.29, 0.717) is 6.04 Å². The molecule has 0 aliphatic carbocycles. The molecule has 1 N–H and O–H groups in total. The van der Waals surface area contributed by atoms with Crippen LogP contribution >= 0.6 is 0 Å². The molecule has 0 fully saturated rings. The maximum absolute atomic E-state index is 4.11. The molecule has 76 valence electrons. The Morgan fingerprint density at radius 3 is 2.79 bits per heavy atom. The van der Waals surface area contributed by atoms with E-state index in [1.165, 1.54) is 5.56 Å². The lowest BCUT2D eigenvalue weighted by molar-refractivity contribution is 0.593. The standard InChI is InChI=1S/C11H17N3/c1-5-6-11(12-4)10-7-8(2)13-14-9(10)3/h5,7,11-12H,1,6H2,2-4H3. The quantitative estimate of drug-likeness (QED) is 0.739. The largest absolute Gasteiger partial charge is 0.313 e. The van der Waals surface area contributed by atoms with Gasteiger partial charge in [0.05, 0.1) is 11.4 Å². The molecule has 0 aliphatic rings. The van der Waals surface area contributed by atoms with Gasteiger partial charge in [-0.15, -0.1) is 6.58 Å². The van der Waals surface area contributed by atoms with Crippen molar-refractivity contribution in [2.45, 2.75) is 26.3 Å². The lowest BCUT2D eigenvalue weighted by Crippen LogP contribution is -2.17. The van der Waals surface area contributed by atoms with Crippen LogP contribution in [0.4, 0.5) is 0 Å². The highest BCUT2D eigenvalue weighted by atomic mass is 15.1. The van der Waals surface area contributed by atoms with Gasteiger partial charge in [0.1, 0.15) is 0 Å². The minimum atomic E-state index is 0.293. The van der Waals surface area contributed by atoms with Crippen LogP contribution in [0.15, 0.2) is 18.7 Å². The van der Waals surface area contributed by atoms with E-state index in [-0.39, 0.29) is 0 Å². The summed E-state index contributed by atoms with van der Waals surface area (Å²) in [7, 11) is 1.95. The van der Waals surface area contributed by atoms with Crippen molar-refractivity contribution >= 4 is 0 Å². The number of hydrogen-bond donors (Lipinski definition) is 1. The van der Waals surface area contributed by atoms with Crippen molar-refractivity contribution in [2.24, 2.45) is 0 Å². The molecule has 1 aromatic rings. The second-order valence-corrected chi connectivity index (χ2v) is 3.39. The second-order valence-electron chi connectivity index (χ2n) is 3.39. The van der Waals surface area contributed by atoms with Crippen LogP contribution in [0.2, 0.25) is 0 Å². The first-order valence-corrected chi connectivity index (χ1v) is 4.78. The minimum Gasteiger partial charge on any atom is -0.313 e. The normalized spacial score (nSPS) is 12.5. The van der Waals surface area contributed by atoms with Gasteiger partial charge in [-0.1, -0.05) is 6.08 Å². The Bertz CT molecular complexity index is 320. The van der Waals surface area contributed by atoms with Gasteiger partial charge < -0.3 is 5.32 Å². The molecule has 0 bridgehead atoms. The molecule has 0 amide bonds. The predicted molar refractivity (Wildman–Crippen MR) is 58.1 cm³/mol. The van der Waals surface area contributed by atoms with E-state index in [9.17, 15) is 0 Å². The number of nitrogens with zero attached hydrogens (tertiary/aromatic N) is 2. The summed E-state index contributed by atoms with van der Waals surface area (Å²) in [5.74, 6) is 0. The molecule has 14 heavy (non-hydrogen) atoms. The van der Waals surface area contributed by atoms with Crippen LogP contribution in [-0.4, -0.2) is 17.2 Å². The van der Waals surface area contributed by atoms with E-state index in [1.807, 2.05) is 27.0 Å². The molecular formula is C11H17N3. The Morgan fingerprint density at radius 1 is 1.50 bits per heavy atom. The van der Waals surface area contributed by atoms with Crippen molar-refractivity contribution in [3.8, 4) is 0 Å². The first kappa shape index (κ1) is 10.9. The molecule has 0 spiro atoms. The lowest BCUT2D eigenvalue weighted by atomic mass is 10.0. The van der Waals surface area contributed by atoms with E-state index in [4.69, 9.17) is 0 Å². The molecule has 1 aromatic heterocycles. The van der Waals surface area contributed by atoms with Gasteiger partial charge in [-0.3, -0.25) is 0 Å². The van der Waals surface area contributed by atoms with Gasteiger partial charge in [-0.25, -0.2) is 0 Å². The summed E-state index contributed by atoms with van der Waals surface area (Å²) in [6, 6.07) is 2.37. The zero-order valence-electron chi connectivity index (χ0n) is 9.04. The SMILES string of the molecule is C=CCC(NC)c1cc(C)nnc1C. The van der Waals surface area contributed by atoms with Crippen molar-refractivity contribution in [3.05, 3.63) is 35.7 Å². The maximum Gasteiger partial charge on any atom is 0.0648 e.